The van der Waals surface area contributed by atoms with Crippen molar-refractivity contribution in [2.24, 2.45) is 0 Å². The van der Waals surface area contributed by atoms with Crippen LogP contribution in [0.5, 0.6) is 0 Å². The summed E-state index contributed by atoms with van der Waals surface area (Å²) in [6, 6.07) is 21.6. The first-order valence-electron chi connectivity index (χ1n) is 11.4. The van der Waals surface area contributed by atoms with Crippen molar-refractivity contribution in [2.45, 2.75) is 38.0 Å². The standard InChI is InChI=1S/C27H28N2O5/c1-33-26(31)23(17-21-13-7-12-20-11-5-6-14-22(20)21)28-25(30)24-15-8-16-29(24)27(32)34-18-19-9-3-2-4-10-19/h2-7,9-14,23-24H,8,15-18H2,1H3,(H,28,30)/t23-,24+/m0/s1. The molecule has 1 aliphatic rings. The molecule has 34 heavy (non-hydrogen) atoms. The average Bonchev–Trinajstić information content (AvgIpc) is 3.37. The molecule has 0 aliphatic carbocycles. The molecule has 4 rings (SSSR count). The summed E-state index contributed by atoms with van der Waals surface area (Å²) in [6.07, 6.45) is 0.939. The smallest absolute Gasteiger partial charge is 0.410 e. The molecule has 0 saturated carbocycles. The van der Waals surface area contributed by atoms with E-state index in [0.717, 1.165) is 21.9 Å². The molecular formula is C27H28N2O5. The van der Waals surface area contributed by atoms with Gasteiger partial charge in [0.25, 0.3) is 0 Å². The zero-order valence-corrected chi connectivity index (χ0v) is 19.1. The highest BCUT2D eigenvalue weighted by Crippen LogP contribution is 2.22. The van der Waals surface area contributed by atoms with Crippen molar-refractivity contribution >= 4 is 28.7 Å². The molecule has 1 N–H and O–H groups in total. The summed E-state index contributed by atoms with van der Waals surface area (Å²) in [5.74, 6) is -0.915. The second kappa shape index (κ2) is 10.8. The topological polar surface area (TPSA) is 84.9 Å². The first-order valence-corrected chi connectivity index (χ1v) is 11.4. The van der Waals surface area contributed by atoms with Gasteiger partial charge in [-0.2, -0.15) is 0 Å². The summed E-state index contributed by atoms with van der Waals surface area (Å²) in [5.41, 5.74) is 1.80. The summed E-state index contributed by atoms with van der Waals surface area (Å²) < 4.78 is 10.4. The van der Waals surface area contributed by atoms with Crippen LogP contribution in [0, 0.1) is 0 Å². The van der Waals surface area contributed by atoms with Crippen molar-refractivity contribution in [1.82, 2.24) is 10.2 Å². The molecule has 7 heteroatoms. The minimum atomic E-state index is -0.869. The molecule has 0 spiro atoms. The molecule has 2 atom stereocenters. The predicted molar refractivity (Wildman–Crippen MR) is 128 cm³/mol. The maximum Gasteiger partial charge on any atom is 0.410 e. The van der Waals surface area contributed by atoms with E-state index < -0.39 is 24.1 Å². The molecule has 1 aliphatic heterocycles. The van der Waals surface area contributed by atoms with Crippen LogP contribution < -0.4 is 5.32 Å². The number of hydrogen-bond donors (Lipinski definition) is 1. The van der Waals surface area contributed by atoms with Gasteiger partial charge in [-0.3, -0.25) is 9.69 Å². The van der Waals surface area contributed by atoms with E-state index in [0.29, 0.717) is 19.4 Å². The SMILES string of the molecule is COC(=O)[C@H](Cc1cccc2ccccc12)NC(=O)[C@H]1CCCN1C(=O)OCc1ccccc1. The Labute approximate surface area is 198 Å². The number of carbonyl (C=O) groups is 3. The Morgan fingerprint density at radius 2 is 1.74 bits per heavy atom. The first-order chi connectivity index (χ1) is 16.6. The van der Waals surface area contributed by atoms with Crippen molar-refractivity contribution in [3.63, 3.8) is 0 Å². The van der Waals surface area contributed by atoms with Gasteiger partial charge in [-0.25, -0.2) is 9.59 Å². The van der Waals surface area contributed by atoms with Gasteiger partial charge < -0.3 is 14.8 Å². The number of carbonyl (C=O) groups excluding carboxylic acids is 3. The Hall–Kier alpha value is -3.87. The fourth-order valence-corrected chi connectivity index (χ4v) is 4.35. The van der Waals surface area contributed by atoms with Crippen LogP contribution in [0.25, 0.3) is 10.8 Å². The molecule has 1 fully saturated rings. The van der Waals surface area contributed by atoms with Crippen molar-refractivity contribution < 1.29 is 23.9 Å². The fourth-order valence-electron chi connectivity index (χ4n) is 4.35. The molecule has 3 aromatic carbocycles. The van der Waals surface area contributed by atoms with E-state index in [-0.39, 0.29) is 18.9 Å². The summed E-state index contributed by atoms with van der Waals surface area (Å²) in [5, 5.41) is 4.89. The van der Waals surface area contributed by atoms with Gasteiger partial charge in [0.05, 0.1) is 7.11 Å². The van der Waals surface area contributed by atoms with Crippen LogP contribution in [-0.4, -0.2) is 48.6 Å². The molecular weight excluding hydrogens is 432 g/mol. The van der Waals surface area contributed by atoms with Gasteiger partial charge in [0.1, 0.15) is 18.7 Å². The summed E-state index contributed by atoms with van der Waals surface area (Å²) in [6.45, 7) is 0.564. The van der Waals surface area contributed by atoms with E-state index in [1.807, 2.05) is 72.8 Å². The monoisotopic (exact) mass is 460 g/mol. The number of methoxy groups -OCH3 is 1. The van der Waals surface area contributed by atoms with Crippen LogP contribution in [0.15, 0.2) is 72.8 Å². The maximum absolute atomic E-state index is 13.2. The second-order valence-corrected chi connectivity index (χ2v) is 8.32. The quantitative estimate of drug-likeness (QED) is 0.542. The van der Waals surface area contributed by atoms with Gasteiger partial charge in [0.2, 0.25) is 5.91 Å². The molecule has 0 unspecified atom stereocenters. The lowest BCUT2D eigenvalue weighted by atomic mass is 9.98. The van der Waals surface area contributed by atoms with E-state index in [4.69, 9.17) is 9.47 Å². The van der Waals surface area contributed by atoms with Gasteiger partial charge in [-0.05, 0) is 34.7 Å². The van der Waals surface area contributed by atoms with Crippen LogP contribution in [0.2, 0.25) is 0 Å². The zero-order chi connectivity index (χ0) is 23.9. The molecule has 1 saturated heterocycles. The van der Waals surface area contributed by atoms with Crippen molar-refractivity contribution in [3.8, 4) is 0 Å². The number of hydrogen-bond acceptors (Lipinski definition) is 5. The molecule has 0 radical (unpaired) electrons. The van der Waals surface area contributed by atoms with E-state index in [9.17, 15) is 14.4 Å². The Balaban J connectivity index is 1.44. The lowest BCUT2D eigenvalue weighted by Gasteiger charge is -2.25. The van der Waals surface area contributed by atoms with Crippen molar-refractivity contribution in [3.05, 3.63) is 83.9 Å². The van der Waals surface area contributed by atoms with E-state index in [1.54, 1.807) is 0 Å². The molecule has 7 nitrogen and oxygen atoms in total. The van der Waals surface area contributed by atoms with Gasteiger partial charge in [0.15, 0.2) is 0 Å². The van der Waals surface area contributed by atoms with E-state index in [2.05, 4.69) is 5.32 Å². The fraction of sp³-hybridized carbons (Fsp3) is 0.296. The van der Waals surface area contributed by atoms with Crippen molar-refractivity contribution in [2.75, 3.05) is 13.7 Å². The largest absolute Gasteiger partial charge is 0.467 e. The molecule has 3 aromatic rings. The van der Waals surface area contributed by atoms with Gasteiger partial charge in [-0.15, -0.1) is 0 Å². The number of benzene rings is 3. The second-order valence-electron chi connectivity index (χ2n) is 8.32. The summed E-state index contributed by atoms with van der Waals surface area (Å²) in [4.78, 5) is 39.8. The van der Waals surface area contributed by atoms with E-state index in [1.165, 1.54) is 12.0 Å². The van der Waals surface area contributed by atoms with E-state index >= 15 is 0 Å². The Morgan fingerprint density at radius 1 is 1.00 bits per heavy atom. The third-order valence-corrected chi connectivity index (χ3v) is 6.10. The minimum Gasteiger partial charge on any atom is -0.467 e. The van der Waals surface area contributed by atoms with Crippen LogP contribution in [-0.2, 0) is 32.1 Å². The van der Waals surface area contributed by atoms with Crippen LogP contribution in [0.3, 0.4) is 0 Å². The first kappa shape index (κ1) is 23.3. The number of likely N-dealkylation sites (tertiary alicyclic amines) is 1. The number of nitrogens with one attached hydrogen (secondary N) is 1. The number of amides is 2. The lowest BCUT2D eigenvalue weighted by molar-refractivity contribution is -0.145. The summed E-state index contributed by atoms with van der Waals surface area (Å²) >= 11 is 0. The number of fused-ring (bicyclic) bond motifs is 1. The average molecular weight is 461 g/mol. The van der Waals surface area contributed by atoms with Crippen LogP contribution in [0.4, 0.5) is 4.79 Å². The third kappa shape index (κ3) is 5.36. The highest BCUT2D eigenvalue weighted by Gasteiger charge is 2.37. The number of rotatable bonds is 7. The number of ether oxygens (including phenoxy) is 2. The van der Waals surface area contributed by atoms with Gasteiger partial charge in [-0.1, -0.05) is 72.8 Å². The normalized spacial score (nSPS) is 16.1. The highest BCUT2D eigenvalue weighted by atomic mass is 16.6. The Bertz CT molecular complexity index is 1160. The van der Waals surface area contributed by atoms with Gasteiger partial charge >= 0.3 is 12.1 Å². The zero-order valence-electron chi connectivity index (χ0n) is 19.1. The minimum absolute atomic E-state index is 0.135. The molecule has 1 heterocycles. The molecule has 0 aromatic heterocycles. The molecule has 0 bridgehead atoms. The van der Waals surface area contributed by atoms with Gasteiger partial charge in [0, 0.05) is 13.0 Å². The van der Waals surface area contributed by atoms with Crippen LogP contribution in [0.1, 0.15) is 24.0 Å². The maximum atomic E-state index is 13.2. The Kier molecular flexibility index (Phi) is 7.42. The number of esters is 1. The number of nitrogens with zero attached hydrogens (tertiary/aromatic N) is 1. The predicted octanol–water partition coefficient (Wildman–Crippen LogP) is 3.84. The summed E-state index contributed by atoms with van der Waals surface area (Å²) in [7, 11) is 1.30. The highest BCUT2D eigenvalue weighted by molar-refractivity contribution is 5.91. The van der Waals surface area contributed by atoms with Crippen LogP contribution >= 0.6 is 0 Å². The van der Waals surface area contributed by atoms with Crippen molar-refractivity contribution in [1.29, 1.82) is 0 Å². The third-order valence-electron chi connectivity index (χ3n) is 6.10. The lowest BCUT2D eigenvalue weighted by Crippen LogP contribution is -2.51. The molecule has 2 amide bonds. The Morgan fingerprint density at radius 3 is 2.53 bits per heavy atom. The molecule has 176 valence electrons.